The van der Waals surface area contributed by atoms with Crippen LogP contribution in [0.5, 0.6) is 0 Å². The molecule has 0 heterocycles. The Morgan fingerprint density at radius 2 is 1.70 bits per heavy atom. The molecule has 0 bridgehead atoms. The van der Waals surface area contributed by atoms with Gasteiger partial charge >= 0.3 is 0 Å². The van der Waals surface area contributed by atoms with Gasteiger partial charge < -0.3 is 0 Å². The molecule has 2 aliphatic carbocycles. The van der Waals surface area contributed by atoms with Gasteiger partial charge in [-0.2, -0.15) is 0 Å². The second-order valence-electron chi connectivity index (χ2n) is 7.51. The minimum Gasteiger partial charge on any atom is -0.203 e. The second-order valence-corrected chi connectivity index (χ2v) is 7.51. The molecular weight excluding hydrogens is 290 g/mol. The van der Waals surface area contributed by atoms with Gasteiger partial charge in [-0.25, -0.2) is 8.78 Å². The van der Waals surface area contributed by atoms with E-state index in [0.717, 1.165) is 42.6 Å². The van der Waals surface area contributed by atoms with E-state index < -0.39 is 11.6 Å². The van der Waals surface area contributed by atoms with Crippen molar-refractivity contribution in [3.63, 3.8) is 0 Å². The van der Waals surface area contributed by atoms with Crippen LogP contribution in [0.3, 0.4) is 0 Å². The molecule has 1 fully saturated rings. The summed E-state index contributed by atoms with van der Waals surface area (Å²) in [6.07, 6.45) is 12.0. The van der Waals surface area contributed by atoms with Gasteiger partial charge in [-0.3, -0.25) is 0 Å². The van der Waals surface area contributed by atoms with Crippen molar-refractivity contribution in [1.82, 2.24) is 0 Å². The number of hydrogen-bond acceptors (Lipinski definition) is 0. The van der Waals surface area contributed by atoms with E-state index in [0.29, 0.717) is 11.1 Å². The van der Waals surface area contributed by atoms with Crippen LogP contribution < -0.4 is 0 Å². The normalized spacial score (nSPS) is 28.5. The predicted octanol–water partition coefficient (Wildman–Crippen LogP) is 6.67. The third-order valence-electron chi connectivity index (χ3n) is 6.21. The average Bonchev–Trinajstić information content (AvgIpc) is 2.60. The van der Waals surface area contributed by atoms with Crippen LogP contribution in [0.15, 0.2) is 18.2 Å². The highest BCUT2D eigenvalue weighted by atomic mass is 19.2. The van der Waals surface area contributed by atoms with Crippen LogP contribution in [0.2, 0.25) is 0 Å². The first-order chi connectivity index (χ1) is 11.1. The molecule has 0 aliphatic heterocycles. The van der Waals surface area contributed by atoms with Crippen molar-refractivity contribution in [2.45, 2.75) is 65.2 Å². The molecule has 2 aliphatic rings. The molecule has 1 aromatic carbocycles. The fourth-order valence-electron chi connectivity index (χ4n) is 4.49. The van der Waals surface area contributed by atoms with E-state index in [4.69, 9.17) is 0 Å². The van der Waals surface area contributed by atoms with E-state index >= 15 is 0 Å². The Balaban J connectivity index is 1.66. The molecule has 1 atom stereocenters. The summed E-state index contributed by atoms with van der Waals surface area (Å²) in [6.45, 7) is 3.91. The first-order valence-corrected chi connectivity index (χ1v) is 9.24. The van der Waals surface area contributed by atoms with Gasteiger partial charge in [0.2, 0.25) is 0 Å². The van der Waals surface area contributed by atoms with Crippen LogP contribution in [0.1, 0.15) is 69.4 Å². The molecule has 126 valence electrons. The summed E-state index contributed by atoms with van der Waals surface area (Å²) in [5, 5.41) is 0. The number of aryl methyl sites for hydroxylation is 1. The Hall–Kier alpha value is -1.18. The Morgan fingerprint density at radius 1 is 0.957 bits per heavy atom. The standard InChI is InChI=1S/C21H28F2/c1-3-15-5-7-16(8-6-15)17-9-11-18(12-10-17)19-13-4-14(2)20(22)21(19)23/h4,11,13,15-17H,3,5-10,12H2,1-2H3. The fourth-order valence-corrected chi connectivity index (χ4v) is 4.49. The van der Waals surface area contributed by atoms with Gasteiger partial charge in [0.15, 0.2) is 11.6 Å². The van der Waals surface area contributed by atoms with Gasteiger partial charge in [0.1, 0.15) is 0 Å². The molecule has 1 saturated carbocycles. The molecule has 0 saturated heterocycles. The minimum absolute atomic E-state index is 0.383. The highest BCUT2D eigenvalue weighted by Gasteiger charge is 2.28. The van der Waals surface area contributed by atoms with E-state index in [-0.39, 0.29) is 0 Å². The maximum absolute atomic E-state index is 14.2. The molecule has 0 spiro atoms. The largest absolute Gasteiger partial charge is 0.203 e. The zero-order chi connectivity index (χ0) is 16.4. The van der Waals surface area contributed by atoms with Crippen molar-refractivity contribution in [1.29, 1.82) is 0 Å². The summed E-state index contributed by atoms with van der Waals surface area (Å²) in [5.74, 6) is 1.16. The van der Waals surface area contributed by atoms with E-state index in [9.17, 15) is 8.78 Å². The van der Waals surface area contributed by atoms with Gasteiger partial charge in [0.25, 0.3) is 0 Å². The van der Waals surface area contributed by atoms with Crippen molar-refractivity contribution in [3.8, 4) is 0 Å². The lowest BCUT2D eigenvalue weighted by atomic mass is 9.70. The van der Waals surface area contributed by atoms with Gasteiger partial charge in [-0.1, -0.05) is 44.4 Å². The molecule has 1 aromatic rings. The summed E-state index contributed by atoms with van der Waals surface area (Å²) >= 11 is 0. The zero-order valence-corrected chi connectivity index (χ0v) is 14.4. The maximum Gasteiger partial charge on any atom is 0.166 e. The monoisotopic (exact) mass is 318 g/mol. The number of allylic oxidation sites excluding steroid dienone is 2. The summed E-state index contributed by atoms with van der Waals surface area (Å²) in [6, 6.07) is 3.43. The molecular formula is C21H28F2. The van der Waals surface area contributed by atoms with Gasteiger partial charge in [0.05, 0.1) is 0 Å². The quantitative estimate of drug-likeness (QED) is 0.583. The molecule has 3 rings (SSSR count). The zero-order valence-electron chi connectivity index (χ0n) is 14.4. The van der Waals surface area contributed by atoms with Crippen LogP contribution in [0.25, 0.3) is 5.57 Å². The van der Waals surface area contributed by atoms with Crippen LogP contribution in [0, 0.1) is 36.3 Å². The molecule has 1 unspecified atom stereocenters. The van der Waals surface area contributed by atoms with Crippen LogP contribution in [0.4, 0.5) is 8.78 Å². The third kappa shape index (κ3) is 3.51. The molecule has 0 aromatic heterocycles. The third-order valence-corrected chi connectivity index (χ3v) is 6.21. The molecule has 0 radical (unpaired) electrons. The Morgan fingerprint density at radius 3 is 2.30 bits per heavy atom. The number of halogens is 2. The predicted molar refractivity (Wildman–Crippen MR) is 92.2 cm³/mol. The lowest BCUT2D eigenvalue weighted by Crippen LogP contribution is -2.23. The summed E-state index contributed by atoms with van der Waals surface area (Å²) in [5.41, 5.74) is 1.86. The lowest BCUT2D eigenvalue weighted by molar-refractivity contribution is 0.192. The first kappa shape index (κ1) is 16.7. The second kappa shape index (κ2) is 7.15. The molecule has 2 heteroatoms. The van der Waals surface area contributed by atoms with E-state index in [1.165, 1.54) is 32.1 Å². The number of benzene rings is 1. The summed E-state index contributed by atoms with van der Waals surface area (Å²) < 4.78 is 27.9. The number of hydrogen-bond donors (Lipinski definition) is 0. The van der Waals surface area contributed by atoms with Crippen molar-refractivity contribution in [2.75, 3.05) is 0 Å². The van der Waals surface area contributed by atoms with Crippen molar-refractivity contribution < 1.29 is 8.78 Å². The van der Waals surface area contributed by atoms with Crippen molar-refractivity contribution in [3.05, 3.63) is 41.0 Å². The SMILES string of the molecule is CCC1CCC(C2CC=C(c3ccc(C)c(F)c3F)CC2)CC1. The van der Waals surface area contributed by atoms with E-state index in [1.807, 2.05) is 0 Å². The topological polar surface area (TPSA) is 0 Å². The van der Waals surface area contributed by atoms with Crippen molar-refractivity contribution >= 4 is 5.57 Å². The highest BCUT2D eigenvalue weighted by molar-refractivity contribution is 5.67. The van der Waals surface area contributed by atoms with Crippen molar-refractivity contribution in [2.24, 2.45) is 17.8 Å². The highest BCUT2D eigenvalue weighted by Crippen LogP contribution is 2.42. The number of rotatable bonds is 3. The Labute approximate surface area is 139 Å². The van der Waals surface area contributed by atoms with Gasteiger partial charge in [-0.15, -0.1) is 0 Å². The Bertz CT molecular complexity index is 580. The molecule has 0 amide bonds. The molecule has 0 nitrogen and oxygen atoms in total. The summed E-state index contributed by atoms with van der Waals surface area (Å²) in [7, 11) is 0. The average molecular weight is 318 g/mol. The fraction of sp³-hybridized carbons (Fsp3) is 0.619. The maximum atomic E-state index is 14.2. The lowest BCUT2D eigenvalue weighted by Gasteiger charge is -2.35. The van der Waals surface area contributed by atoms with Gasteiger partial charge in [-0.05, 0) is 67.9 Å². The van der Waals surface area contributed by atoms with Crippen LogP contribution in [-0.2, 0) is 0 Å². The van der Waals surface area contributed by atoms with Crippen LogP contribution >= 0.6 is 0 Å². The molecule has 23 heavy (non-hydrogen) atoms. The van der Waals surface area contributed by atoms with E-state index in [2.05, 4.69) is 13.0 Å². The van der Waals surface area contributed by atoms with E-state index in [1.54, 1.807) is 19.1 Å². The minimum atomic E-state index is -0.691. The molecule has 0 N–H and O–H groups in total. The van der Waals surface area contributed by atoms with Crippen LogP contribution in [-0.4, -0.2) is 0 Å². The van der Waals surface area contributed by atoms with Gasteiger partial charge in [0, 0.05) is 5.56 Å². The smallest absolute Gasteiger partial charge is 0.166 e. The summed E-state index contributed by atoms with van der Waals surface area (Å²) in [4.78, 5) is 0. The first-order valence-electron chi connectivity index (χ1n) is 9.24. The Kier molecular flexibility index (Phi) is 5.18.